The monoisotopic (exact) mass is 295 g/mol. The second-order valence-corrected chi connectivity index (χ2v) is 7.71. The van der Waals surface area contributed by atoms with E-state index < -0.39 is 0 Å². The lowest BCUT2D eigenvalue weighted by Gasteiger charge is -2.45. The molecule has 2 saturated carbocycles. The molecule has 0 amide bonds. The number of hydrogen-bond acceptors (Lipinski definition) is 3. The van der Waals surface area contributed by atoms with E-state index in [1.54, 1.807) is 0 Å². The van der Waals surface area contributed by atoms with Gasteiger partial charge in [0.15, 0.2) is 0 Å². The van der Waals surface area contributed by atoms with Crippen LogP contribution >= 0.6 is 0 Å². The van der Waals surface area contributed by atoms with Gasteiger partial charge in [0.1, 0.15) is 0 Å². The maximum absolute atomic E-state index is 6.64. The molecule has 1 saturated heterocycles. The van der Waals surface area contributed by atoms with Gasteiger partial charge in [-0.05, 0) is 50.9 Å². The van der Waals surface area contributed by atoms with Crippen LogP contribution in [0.4, 0.5) is 0 Å². The summed E-state index contributed by atoms with van der Waals surface area (Å²) in [7, 11) is 0. The first-order valence-corrected chi connectivity index (χ1v) is 9.21. The molecule has 1 heterocycles. The van der Waals surface area contributed by atoms with Crippen LogP contribution in [0.25, 0.3) is 0 Å². The lowest BCUT2D eigenvalue weighted by Crippen LogP contribution is -2.50. The molecular formula is C18H33NO2. The van der Waals surface area contributed by atoms with Crippen LogP contribution in [0, 0.1) is 5.92 Å². The maximum Gasteiger partial charge on any atom is 0.0808 e. The summed E-state index contributed by atoms with van der Waals surface area (Å²) >= 11 is 0. The van der Waals surface area contributed by atoms with E-state index in [2.05, 4.69) is 6.92 Å². The highest BCUT2D eigenvalue weighted by Crippen LogP contribution is 2.43. The molecule has 0 aromatic heterocycles. The first-order valence-electron chi connectivity index (χ1n) is 9.21. The van der Waals surface area contributed by atoms with Gasteiger partial charge in [-0.2, -0.15) is 0 Å². The first-order chi connectivity index (χ1) is 10.2. The smallest absolute Gasteiger partial charge is 0.0808 e. The third-order valence-corrected chi connectivity index (χ3v) is 6.34. The molecule has 3 fully saturated rings. The van der Waals surface area contributed by atoms with Gasteiger partial charge in [-0.1, -0.05) is 26.2 Å². The van der Waals surface area contributed by atoms with E-state index in [0.717, 1.165) is 38.2 Å². The van der Waals surface area contributed by atoms with Gasteiger partial charge in [0.2, 0.25) is 0 Å². The van der Waals surface area contributed by atoms with Crippen LogP contribution in [0.1, 0.15) is 77.6 Å². The third kappa shape index (κ3) is 3.46. The molecule has 2 N–H and O–H groups in total. The first kappa shape index (κ1) is 15.8. The summed E-state index contributed by atoms with van der Waals surface area (Å²) in [4.78, 5) is 0. The molecule has 122 valence electrons. The lowest BCUT2D eigenvalue weighted by atomic mass is 9.77. The van der Waals surface area contributed by atoms with Crippen LogP contribution in [0.15, 0.2) is 0 Å². The Morgan fingerprint density at radius 3 is 2.43 bits per heavy atom. The molecule has 1 unspecified atom stereocenters. The van der Waals surface area contributed by atoms with Crippen LogP contribution < -0.4 is 5.73 Å². The van der Waals surface area contributed by atoms with E-state index in [-0.39, 0.29) is 11.2 Å². The Balaban J connectivity index is 1.59. The van der Waals surface area contributed by atoms with Gasteiger partial charge in [-0.15, -0.1) is 0 Å². The summed E-state index contributed by atoms with van der Waals surface area (Å²) in [6.07, 6.45) is 13.9. The van der Waals surface area contributed by atoms with Gasteiger partial charge in [-0.3, -0.25) is 0 Å². The molecule has 1 spiro atoms. The molecule has 0 aromatic carbocycles. The van der Waals surface area contributed by atoms with Gasteiger partial charge < -0.3 is 15.2 Å². The van der Waals surface area contributed by atoms with E-state index in [0.29, 0.717) is 12.6 Å². The van der Waals surface area contributed by atoms with Crippen molar-refractivity contribution < 1.29 is 9.47 Å². The van der Waals surface area contributed by atoms with Crippen molar-refractivity contribution in [2.75, 3.05) is 13.2 Å². The lowest BCUT2D eigenvalue weighted by molar-refractivity contribution is -0.180. The minimum absolute atomic E-state index is 0.0343. The summed E-state index contributed by atoms with van der Waals surface area (Å²) in [5.74, 6) is 0.893. The van der Waals surface area contributed by atoms with Crippen molar-refractivity contribution in [3.05, 3.63) is 0 Å². The van der Waals surface area contributed by atoms with Crippen LogP contribution in [0.5, 0.6) is 0 Å². The van der Waals surface area contributed by atoms with Gasteiger partial charge >= 0.3 is 0 Å². The number of ether oxygens (including phenoxy) is 2. The molecule has 21 heavy (non-hydrogen) atoms. The fourth-order valence-electron chi connectivity index (χ4n) is 4.79. The summed E-state index contributed by atoms with van der Waals surface area (Å²) in [5.41, 5.74) is 6.25. The predicted molar refractivity (Wildman–Crippen MR) is 85.3 cm³/mol. The Bertz CT molecular complexity index is 330. The zero-order valence-electron chi connectivity index (χ0n) is 13.7. The van der Waals surface area contributed by atoms with E-state index in [9.17, 15) is 0 Å². The molecule has 0 radical (unpaired) electrons. The van der Waals surface area contributed by atoms with Gasteiger partial charge in [0.25, 0.3) is 0 Å². The summed E-state index contributed by atoms with van der Waals surface area (Å²) in [6.45, 7) is 3.87. The molecule has 3 rings (SSSR count). The van der Waals surface area contributed by atoms with Crippen LogP contribution in [-0.4, -0.2) is 30.5 Å². The highest BCUT2D eigenvalue weighted by molar-refractivity contribution is 4.95. The van der Waals surface area contributed by atoms with Crippen molar-refractivity contribution in [3.63, 3.8) is 0 Å². The normalized spacial score (nSPS) is 39.7. The van der Waals surface area contributed by atoms with E-state index in [1.807, 2.05) is 0 Å². The van der Waals surface area contributed by atoms with Gasteiger partial charge in [-0.25, -0.2) is 0 Å². The fraction of sp³-hybridized carbons (Fsp3) is 1.00. The fourth-order valence-corrected chi connectivity index (χ4v) is 4.79. The van der Waals surface area contributed by atoms with Crippen molar-refractivity contribution >= 4 is 0 Å². The number of rotatable bonds is 4. The predicted octanol–water partition coefficient (Wildman–Crippen LogP) is 3.79. The molecule has 0 aromatic rings. The van der Waals surface area contributed by atoms with Gasteiger partial charge in [0, 0.05) is 19.6 Å². The molecule has 3 aliphatic rings. The molecule has 1 atom stereocenters. The zero-order valence-corrected chi connectivity index (χ0v) is 13.7. The van der Waals surface area contributed by atoms with Crippen molar-refractivity contribution in [1.29, 1.82) is 0 Å². The van der Waals surface area contributed by atoms with Crippen molar-refractivity contribution in [1.82, 2.24) is 0 Å². The largest absolute Gasteiger partial charge is 0.375 e. The second-order valence-electron chi connectivity index (χ2n) is 7.71. The van der Waals surface area contributed by atoms with Crippen LogP contribution in [0.3, 0.4) is 0 Å². The summed E-state index contributed by atoms with van der Waals surface area (Å²) in [6, 6.07) is 0. The van der Waals surface area contributed by atoms with Crippen molar-refractivity contribution in [3.8, 4) is 0 Å². The Morgan fingerprint density at radius 2 is 1.81 bits per heavy atom. The Labute approximate surface area is 129 Å². The summed E-state index contributed by atoms with van der Waals surface area (Å²) < 4.78 is 12.8. The quantitative estimate of drug-likeness (QED) is 0.858. The van der Waals surface area contributed by atoms with E-state index in [4.69, 9.17) is 15.2 Å². The minimum atomic E-state index is -0.0343. The SMILES string of the molecule is CCC1CCC(CN)(OC2CCOC3(CCCC3)C2)CC1. The van der Waals surface area contributed by atoms with Crippen molar-refractivity contribution in [2.45, 2.75) is 94.9 Å². The maximum atomic E-state index is 6.64. The Kier molecular flexibility index (Phi) is 4.92. The highest BCUT2D eigenvalue weighted by atomic mass is 16.5. The van der Waals surface area contributed by atoms with Crippen LogP contribution in [0.2, 0.25) is 0 Å². The Hall–Kier alpha value is -0.120. The van der Waals surface area contributed by atoms with Gasteiger partial charge in [0.05, 0.1) is 17.3 Å². The zero-order chi connectivity index (χ0) is 14.8. The van der Waals surface area contributed by atoms with Crippen LogP contribution in [-0.2, 0) is 9.47 Å². The van der Waals surface area contributed by atoms with E-state index in [1.165, 1.54) is 44.9 Å². The molecule has 1 aliphatic heterocycles. The molecule has 0 bridgehead atoms. The average Bonchev–Trinajstić information content (AvgIpc) is 2.96. The number of hydrogen-bond donors (Lipinski definition) is 1. The van der Waals surface area contributed by atoms with E-state index >= 15 is 0 Å². The third-order valence-electron chi connectivity index (χ3n) is 6.34. The molecule has 3 heteroatoms. The highest BCUT2D eigenvalue weighted by Gasteiger charge is 2.43. The minimum Gasteiger partial charge on any atom is -0.375 e. The topological polar surface area (TPSA) is 44.5 Å². The molecular weight excluding hydrogens is 262 g/mol. The second kappa shape index (κ2) is 6.55. The number of nitrogens with two attached hydrogens (primary N) is 1. The molecule has 3 nitrogen and oxygen atoms in total. The average molecular weight is 295 g/mol. The molecule has 2 aliphatic carbocycles. The summed E-state index contributed by atoms with van der Waals surface area (Å²) in [5, 5.41) is 0. The van der Waals surface area contributed by atoms with Crippen molar-refractivity contribution in [2.24, 2.45) is 11.7 Å². The standard InChI is InChI=1S/C18H33NO2/c1-2-15-5-10-18(14-19,11-6-15)21-16-7-12-20-17(13-16)8-3-4-9-17/h15-16H,2-14,19H2,1H3. The Morgan fingerprint density at radius 1 is 1.10 bits per heavy atom.